The summed E-state index contributed by atoms with van der Waals surface area (Å²) in [5, 5.41) is 5.83. The highest BCUT2D eigenvalue weighted by Gasteiger charge is 2.27. The van der Waals surface area contributed by atoms with Gasteiger partial charge in [-0.25, -0.2) is 0 Å². The maximum atomic E-state index is 13.1. The minimum absolute atomic E-state index is 0.0570. The van der Waals surface area contributed by atoms with Crippen LogP contribution in [0.1, 0.15) is 25.3 Å². The molecular formula is C23H32N6O6. The van der Waals surface area contributed by atoms with Gasteiger partial charge in [-0.3, -0.25) is 9.59 Å². The Hall–Kier alpha value is -3.83. The lowest BCUT2D eigenvalue weighted by molar-refractivity contribution is -0.128. The number of aromatic nitrogens is 3. The van der Waals surface area contributed by atoms with Gasteiger partial charge in [0.05, 0.1) is 28.4 Å². The van der Waals surface area contributed by atoms with Gasteiger partial charge in [0.25, 0.3) is 0 Å². The van der Waals surface area contributed by atoms with Crippen molar-refractivity contribution in [3.8, 4) is 23.5 Å². The molecule has 1 atom stereocenters. The minimum Gasteiger partial charge on any atom is -0.497 e. The average Bonchev–Trinajstić information content (AvgIpc) is 2.88. The summed E-state index contributed by atoms with van der Waals surface area (Å²) in [6.45, 7) is 2.64. The fraction of sp³-hybridized carbons (Fsp3) is 0.522. The van der Waals surface area contributed by atoms with Crippen molar-refractivity contribution in [1.82, 2.24) is 25.6 Å². The van der Waals surface area contributed by atoms with Gasteiger partial charge in [0, 0.05) is 38.5 Å². The SMILES string of the molecule is COc1ccc(CC(NC(C)=O)C(=O)NC2CCN(c3nc(OC)nc(OC)n3)CC2)c(OC)c1. The van der Waals surface area contributed by atoms with Gasteiger partial charge in [-0.05, 0) is 24.5 Å². The van der Waals surface area contributed by atoms with Gasteiger partial charge in [0.1, 0.15) is 17.5 Å². The number of amides is 2. The molecule has 1 saturated heterocycles. The minimum atomic E-state index is -0.745. The predicted octanol–water partition coefficient (Wildman–Crippen LogP) is 0.738. The van der Waals surface area contributed by atoms with Crippen LogP contribution in [0.4, 0.5) is 5.95 Å². The average molecular weight is 489 g/mol. The van der Waals surface area contributed by atoms with E-state index in [-0.39, 0.29) is 36.3 Å². The topological polar surface area (TPSA) is 137 Å². The number of carbonyl (C=O) groups excluding carboxylic acids is 2. The van der Waals surface area contributed by atoms with Gasteiger partial charge in [-0.15, -0.1) is 4.98 Å². The summed E-state index contributed by atoms with van der Waals surface area (Å²) in [5.74, 6) is 1.15. The van der Waals surface area contributed by atoms with E-state index in [0.29, 0.717) is 43.4 Å². The van der Waals surface area contributed by atoms with E-state index in [0.717, 1.165) is 5.56 Å². The number of rotatable bonds is 10. The maximum absolute atomic E-state index is 13.1. The van der Waals surface area contributed by atoms with E-state index in [1.807, 2.05) is 11.0 Å². The van der Waals surface area contributed by atoms with E-state index < -0.39 is 6.04 Å². The lowest BCUT2D eigenvalue weighted by Gasteiger charge is -2.33. The smallest absolute Gasteiger partial charge is 0.324 e. The van der Waals surface area contributed by atoms with E-state index in [1.165, 1.54) is 21.1 Å². The fourth-order valence-electron chi connectivity index (χ4n) is 3.87. The Labute approximate surface area is 204 Å². The Balaban J connectivity index is 1.64. The molecular weight excluding hydrogens is 456 g/mol. The molecule has 2 heterocycles. The van der Waals surface area contributed by atoms with Crippen molar-refractivity contribution >= 4 is 17.8 Å². The quantitative estimate of drug-likeness (QED) is 0.493. The largest absolute Gasteiger partial charge is 0.497 e. The molecule has 35 heavy (non-hydrogen) atoms. The number of benzene rings is 1. The third-order valence-corrected chi connectivity index (χ3v) is 5.68. The highest BCUT2D eigenvalue weighted by atomic mass is 16.5. The van der Waals surface area contributed by atoms with Crippen LogP contribution in [0.5, 0.6) is 23.5 Å². The molecule has 0 saturated carbocycles. The zero-order valence-corrected chi connectivity index (χ0v) is 20.7. The zero-order valence-electron chi connectivity index (χ0n) is 20.7. The first-order chi connectivity index (χ1) is 16.9. The molecule has 190 valence electrons. The molecule has 2 N–H and O–H groups in total. The predicted molar refractivity (Wildman–Crippen MR) is 127 cm³/mol. The van der Waals surface area contributed by atoms with Crippen LogP contribution in [0, 0.1) is 0 Å². The Bertz CT molecular complexity index is 1010. The first-order valence-electron chi connectivity index (χ1n) is 11.2. The number of hydrogen-bond acceptors (Lipinski definition) is 10. The molecule has 0 spiro atoms. The van der Waals surface area contributed by atoms with E-state index in [2.05, 4.69) is 25.6 Å². The molecule has 2 amide bonds. The van der Waals surface area contributed by atoms with Crippen LogP contribution in [-0.4, -0.2) is 80.4 Å². The molecule has 1 unspecified atom stereocenters. The number of hydrogen-bond donors (Lipinski definition) is 2. The number of nitrogens with one attached hydrogen (secondary N) is 2. The van der Waals surface area contributed by atoms with Gasteiger partial charge in [0.2, 0.25) is 17.8 Å². The van der Waals surface area contributed by atoms with Crippen molar-refractivity contribution in [2.75, 3.05) is 46.4 Å². The van der Waals surface area contributed by atoms with E-state index >= 15 is 0 Å². The summed E-state index contributed by atoms with van der Waals surface area (Å²) >= 11 is 0. The molecule has 2 aromatic rings. The first kappa shape index (κ1) is 25.8. The summed E-state index contributed by atoms with van der Waals surface area (Å²) < 4.78 is 20.9. The molecule has 12 nitrogen and oxygen atoms in total. The van der Waals surface area contributed by atoms with E-state index in [1.54, 1.807) is 26.4 Å². The highest BCUT2D eigenvalue weighted by molar-refractivity contribution is 5.87. The van der Waals surface area contributed by atoms with Gasteiger partial charge < -0.3 is 34.5 Å². The standard InChI is InChI=1S/C23H32N6O6/c1-14(30)24-18(12-15-6-7-17(32-2)13-19(15)33-3)20(31)25-16-8-10-29(11-9-16)21-26-22(34-4)28-23(27-21)35-5/h6-7,13,16,18H,8-12H2,1-5H3,(H,24,30)(H,25,31). The molecule has 0 aliphatic carbocycles. The van der Waals surface area contributed by atoms with Crippen LogP contribution in [0.25, 0.3) is 0 Å². The second-order valence-corrected chi connectivity index (χ2v) is 8.01. The van der Waals surface area contributed by atoms with Crippen LogP contribution in [-0.2, 0) is 16.0 Å². The van der Waals surface area contributed by atoms with Crippen molar-refractivity contribution in [3.05, 3.63) is 23.8 Å². The molecule has 3 rings (SSSR count). The Kier molecular flexibility index (Phi) is 8.87. The number of ether oxygens (including phenoxy) is 4. The third-order valence-electron chi connectivity index (χ3n) is 5.68. The van der Waals surface area contributed by atoms with Gasteiger partial charge in [-0.1, -0.05) is 6.07 Å². The fourth-order valence-corrected chi connectivity index (χ4v) is 3.87. The molecule has 1 aromatic carbocycles. The summed E-state index contributed by atoms with van der Waals surface area (Å²) in [5.41, 5.74) is 0.787. The van der Waals surface area contributed by atoms with Crippen molar-refractivity contribution in [3.63, 3.8) is 0 Å². The zero-order chi connectivity index (χ0) is 25.4. The second kappa shape index (κ2) is 12.0. The van der Waals surface area contributed by atoms with Crippen LogP contribution in [0.15, 0.2) is 18.2 Å². The van der Waals surface area contributed by atoms with Crippen molar-refractivity contribution in [1.29, 1.82) is 0 Å². The Morgan fingerprint density at radius 2 is 1.66 bits per heavy atom. The van der Waals surface area contributed by atoms with Crippen LogP contribution < -0.4 is 34.5 Å². The van der Waals surface area contributed by atoms with Gasteiger partial charge >= 0.3 is 12.0 Å². The van der Waals surface area contributed by atoms with Crippen LogP contribution in [0.2, 0.25) is 0 Å². The summed E-state index contributed by atoms with van der Waals surface area (Å²) in [6.07, 6.45) is 1.64. The number of anilines is 1. The Morgan fingerprint density at radius 3 is 2.20 bits per heavy atom. The molecule has 0 radical (unpaired) electrons. The summed E-state index contributed by atoms with van der Waals surface area (Å²) in [4.78, 5) is 39.5. The number of methoxy groups -OCH3 is 4. The number of piperidine rings is 1. The molecule has 12 heteroatoms. The van der Waals surface area contributed by atoms with Gasteiger partial charge in [0.15, 0.2) is 0 Å². The second-order valence-electron chi connectivity index (χ2n) is 8.01. The van der Waals surface area contributed by atoms with E-state index in [9.17, 15) is 9.59 Å². The molecule has 1 fully saturated rings. The first-order valence-corrected chi connectivity index (χ1v) is 11.2. The normalized spacial score (nSPS) is 14.6. The lowest BCUT2D eigenvalue weighted by Crippen LogP contribution is -2.52. The monoisotopic (exact) mass is 488 g/mol. The summed E-state index contributed by atoms with van der Waals surface area (Å²) in [6, 6.07) is 4.92. The lowest BCUT2D eigenvalue weighted by atomic mass is 10.0. The van der Waals surface area contributed by atoms with Crippen molar-refractivity contribution in [2.24, 2.45) is 0 Å². The third kappa shape index (κ3) is 6.84. The maximum Gasteiger partial charge on any atom is 0.324 e. The summed E-state index contributed by atoms with van der Waals surface area (Å²) in [7, 11) is 6.08. The van der Waals surface area contributed by atoms with Gasteiger partial charge in [-0.2, -0.15) is 9.97 Å². The van der Waals surface area contributed by atoms with Crippen molar-refractivity contribution < 1.29 is 28.5 Å². The molecule has 1 aliphatic rings. The molecule has 1 aromatic heterocycles. The number of nitrogens with zero attached hydrogens (tertiary/aromatic N) is 4. The van der Waals surface area contributed by atoms with Crippen LogP contribution >= 0.6 is 0 Å². The highest BCUT2D eigenvalue weighted by Crippen LogP contribution is 2.26. The molecule has 1 aliphatic heterocycles. The van der Waals surface area contributed by atoms with Crippen LogP contribution in [0.3, 0.4) is 0 Å². The van der Waals surface area contributed by atoms with Crippen molar-refractivity contribution in [2.45, 2.75) is 38.3 Å². The Morgan fingerprint density at radius 1 is 1.00 bits per heavy atom. The number of carbonyl (C=O) groups is 2. The van der Waals surface area contributed by atoms with E-state index in [4.69, 9.17) is 18.9 Å². The molecule has 0 bridgehead atoms.